The molecule has 0 bridgehead atoms. The van der Waals surface area contributed by atoms with Crippen molar-refractivity contribution in [1.82, 2.24) is 9.80 Å². The number of fused-ring (bicyclic) bond motifs is 5. The summed E-state index contributed by atoms with van der Waals surface area (Å²) in [5, 5.41) is 9.89. The lowest BCUT2D eigenvalue weighted by atomic mass is 9.72. The first kappa shape index (κ1) is 41.1. The van der Waals surface area contributed by atoms with E-state index in [1.54, 1.807) is 28.4 Å². The van der Waals surface area contributed by atoms with E-state index < -0.39 is 6.29 Å². The van der Waals surface area contributed by atoms with Crippen molar-refractivity contribution in [2.45, 2.75) is 83.1 Å². The van der Waals surface area contributed by atoms with E-state index in [2.05, 4.69) is 36.1 Å². The van der Waals surface area contributed by atoms with Gasteiger partial charge in [0.2, 0.25) is 13.1 Å². The van der Waals surface area contributed by atoms with Crippen molar-refractivity contribution in [1.29, 1.82) is 0 Å². The molecule has 12 nitrogen and oxygen atoms in total. The summed E-state index contributed by atoms with van der Waals surface area (Å²) in [6, 6.07) is 14.5. The van der Waals surface area contributed by atoms with E-state index in [-0.39, 0.29) is 49.0 Å². The van der Waals surface area contributed by atoms with E-state index in [9.17, 15) is 5.11 Å². The highest BCUT2D eigenvalue weighted by molar-refractivity contribution is 5.92. The zero-order valence-electron chi connectivity index (χ0n) is 35.4. The van der Waals surface area contributed by atoms with Crippen molar-refractivity contribution in [2.24, 2.45) is 17.8 Å². The third kappa shape index (κ3) is 7.91. The first-order chi connectivity index (χ1) is 28.8. The van der Waals surface area contributed by atoms with Crippen molar-refractivity contribution in [3.8, 4) is 34.5 Å². The lowest BCUT2D eigenvalue weighted by Crippen LogP contribution is -2.48. The molecule has 8 rings (SSSR count). The molecular formula is C47H60N2O10. The number of aliphatic hydroxyl groups is 1. The van der Waals surface area contributed by atoms with Crippen LogP contribution in [0.4, 0.5) is 0 Å². The number of amides is 1. The fourth-order valence-corrected chi connectivity index (χ4v) is 10.5. The number of methoxy groups -OCH3 is 4. The maximum Gasteiger partial charge on any atom is 0.289 e. The molecule has 7 atom stereocenters. The number of ether oxygens (including phenoxy) is 8. The fourth-order valence-electron chi connectivity index (χ4n) is 10.5. The van der Waals surface area contributed by atoms with Gasteiger partial charge in [0.05, 0.1) is 34.5 Å². The van der Waals surface area contributed by atoms with Gasteiger partial charge < -0.3 is 47.9 Å². The molecule has 0 aromatic heterocycles. The summed E-state index contributed by atoms with van der Waals surface area (Å²) in [6.07, 6.45) is 6.96. The first-order valence-electron chi connectivity index (χ1n) is 21.4. The van der Waals surface area contributed by atoms with Gasteiger partial charge in [0.1, 0.15) is 0 Å². The number of carbonyl (C=O) groups excluding carboxylic acids is 1. The van der Waals surface area contributed by atoms with Gasteiger partial charge >= 0.3 is 0 Å². The number of hydrogen-bond acceptors (Lipinski definition) is 11. The Balaban J connectivity index is 1.17. The molecule has 0 aliphatic carbocycles. The molecule has 12 heteroatoms. The number of allylic oxidation sites excluding steroid dienone is 1. The Morgan fingerprint density at radius 1 is 0.831 bits per heavy atom. The van der Waals surface area contributed by atoms with Crippen LogP contribution in [0, 0.1) is 17.8 Å². The Labute approximate surface area is 348 Å². The predicted octanol–water partition coefficient (Wildman–Crippen LogP) is 7.36. The van der Waals surface area contributed by atoms with Gasteiger partial charge in [-0.2, -0.15) is 0 Å². The Morgan fingerprint density at radius 3 is 2.20 bits per heavy atom. The SMILES string of the molecule is CCO[C@H]1OC(C(=O)N2CCc3cc(OC)c(OC)cc3[C@H]2C[C@H]2C[C@H]3c4cc(OC)c(OC)cc4CCN3C[C@@H]2CC)=C[C@@H](c2ccc3c(c2)OCO3)[C@H]1CCCO. The molecule has 0 radical (unpaired) electrons. The summed E-state index contributed by atoms with van der Waals surface area (Å²) >= 11 is 0. The Bertz CT molecular complexity index is 2020. The van der Waals surface area contributed by atoms with Crippen LogP contribution in [0.1, 0.15) is 91.8 Å². The van der Waals surface area contributed by atoms with Crippen molar-refractivity contribution in [3.05, 3.63) is 82.1 Å². The Kier molecular flexibility index (Phi) is 12.5. The van der Waals surface area contributed by atoms with E-state index in [1.165, 1.54) is 11.1 Å². The third-order valence-electron chi connectivity index (χ3n) is 13.5. The normalized spacial score (nSPS) is 25.8. The third-order valence-corrected chi connectivity index (χ3v) is 13.5. The van der Waals surface area contributed by atoms with Crippen molar-refractivity contribution < 1.29 is 47.8 Å². The number of hydrogen-bond donors (Lipinski definition) is 1. The molecule has 318 valence electrons. The average molecular weight is 813 g/mol. The van der Waals surface area contributed by atoms with Crippen LogP contribution in [0.25, 0.3) is 0 Å². The second-order valence-electron chi connectivity index (χ2n) is 16.4. The van der Waals surface area contributed by atoms with E-state index in [4.69, 9.17) is 37.9 Å². The van der Waals surface area contributed by atoms with Gasteiger partial charge in [0, 0.05) is 50.7 Å². The molecule has 1 saturated heterocycles. The molecule has 0 unspecified atom stereocenters. The van der Waals surface area contributed by atoms with E-state index >= 15 is 4.79 Å². The van der Waals surface area contributed by atoms with Gasteiger partial charge in [-0.05, 0) is 128 Å². The van der Waals surface area contributed by atoms with Crippen molar-refractivity contribution >= 4 is 5.91 Å². The minimum absolute atomic E-state index is 0.0493. The quantitative estimate of drug-likeness (QED) is 0.176. The lowest BCUT2D eigenvalue weighted by Gasteiger charge is -2.49. The van der Waals surface area contributed by atoms with Gasteiger partial charge in [-0.15, -0.1) is 0 Å². The van der Waals surface area contributed by atoms with E-state index in [0.717, 1.165) is 67.0 Å². The molecule has 0 saturated carbocycles. The summed E-state index contributed by atoms with van der Waals surface area (Å²) in [6.45, 7) is 7.39. The second kappa shape index (κ2) is 17.9. The van der Waals surface area contributed by atoms with Crippen LogP contribution in [-0.2, 0) is 27.1 Å². The number of piperidine rings is 1. The first-order valence-corrected chi connectivity index (χ1v) is 21.4. The Morgan fingerprint density at radius 2 is 1.51 bits per heavy atom. The number of benzene rings is 3. The maximum atomic E-state index is 15.3. The summed E-state index contributed by atoms with van der Waals surface area (Å²) in [5.41, 5.74) is 5.85. The van der Waals surface area contributed by atoms with Crippen LogP contribution in [-0.4, -0.2) is 95.2 Å². The van der Waals surface area contributed by atoms with Crippen molar-refractivity contribution in [2.75, 3.05) is 68.1 Å². The number of nitrogens with zero attached hydrogens (tertiary/aromatic N) is 2. The van der Waals surface area contributed by atoms with Crippen LogP contribution in [0.15, 0.2) is 54.3 Å². The predicted molar refractivity (Wildman–Crippen MR) is 221 cm³/mol. The molecular weight excluding hydrogens is 753 g/mol. The highest BCUT2D eigenvalue weighted by Gasteiger charge is 2.45. The molecule has 1 fully saturated rings. The van der Waals surface area contributed by atoms with Gasteiger partial charge in [-0.3, -0.25) is 9.69 Å². The monoisotopic (exact) mass is 812 g/mol. The van der Waals surface area contributed by atoms with Gasteiger partial charge in [-0.1, -0.05) is 19.4 Å². The van der Waals surface area contributed by atoms with Crippen LogP contribution in [0.2, 0.25) is 0 Å². The van der Waals surface area contributed by atoms with Gasteiger partial charge in [0.15, 0.2) is 40.3 Å². The molecule has 5 aliphatic rings. The molecule has 3 aromatic rings. The smallest absolute Gasteiger partial charge is 0.289 e. The average Bonchev–Trinajstić information content (AvgIpc) is 3.75. The number of aliphatic hydroxyl groups excluding tert-OH is 1. The molecule has 3 aromatic carbocycles. The van der Waals surface area contributed by atoms with Crippen molar-refractivity contribution in [3.63, 3.8) is 0 Å². The summed E-state index contributed by atoms with van der Waals surface area (Å²) < 4.78 is 47.5. The highest BCUT2D eigenvalue weighted by atomic mass is 16.7. The zero-order valence-corrected chi connectivity index (χ0v) is 35.4. The largest absolute Gasteiger partial charge is 0.493 e. The molecule has 0 spiro atoms. The fraction of sp³-hybridized carbons (Fsp3) is 0.553. The molecule has 1 N–H and O–H groups in total. The second-order valence-corrected chi connectivity index (χ2v) is 16.4. The summed E-state index contributed by atoms with van der Waals surface area (Å²) in [4.78, 5) is 20.0. The Hall–Kier alpha value is -4.65. The minimum atomic E-state index is -0.679. The molecule has 5 aliphatic heterocycles. The topological polar surface area (TPSA) is 118 Å². The summed E-state index contributed by atoms with van der Waals surface area (Å²) in [7, 11) is 6.72. The molecule has 1 amide bonds. The van der Waals surface area contributed by atoms with E-state index in [1.807, 2.05) is 36.1 Å². The van der Waals surface area contributed by atoms with Crippen LogP contribution in [0.5, 0.6) is 34.5 Å². The van der Waals surface area contributed by atoms with Gasteiger partial charge in [-0.25, -0.2) is 0 Å². The van der Waals surface area contributed by atoms with E-state index in [0.29, 0.717) is 67.2 Å². The van der Waals surface area contributed by atoms with Crippen LogP contribution < -0.4 is 28.4 Å². The lowest BCUT2D eigenvalue weighted by molar-refractivity contribution is -0.171. The summed E-state index contributed by atoms with van der Waals surface area (Å²) in [5.74, 6) is 4.76. The van der Waals surface area contributed by atoms with Gasteiger partial charge in [0.25, 0.3) is 5.91 Å². The van der Waals surface area contributed by atoms with Crippen LogP contribution >= 0.6 is 0 Å². The van der Waals surface area contributed by atoms with Crippen LogP contribution in [0.3, 0.4) is 0 Å². The molecule has 5 heterocycles. The standard InChI is InChI=1S/C47H60N2O10/c1-7-28-26-48-15-13-30-20-40(52-3)42(54-5)24-35(30)37(48)18-32(28)19-38-36-25-43(55-6)41(53-4)21-31(36)14-16-49(38)46(51)45-23-34(29-11-12-39-44(22-29)58-27-57-39)33(10-9-17-50)47(59-45)56-8-2/h11-12,20-25,28,32-34,37-38,47,50H,7-10,13-19,26-27H2,1-6H3/t28-,32+,33+,34-,37-,38+,47-/m0/s1. The highest BCUT2D eigenvalue weighted by Crippen LogP contribution is 2.50. The minimum Gasteiger partial charge on any atom is -0.493 e. The maximum absolute atomic E-state index is 15.3. The zero-order chi connectivity index (χ0) is 41.2. The molecule has 59 heavy (non-hydrogen) atoms. The number of carbonyl (C=O) groups is 1. The number of rotatable bonds is 14.